The van der Waals surface area contributed by atoms with Crippen LogP contribution in [0.3, 0.4) is 0 Å². The van der Waals surface area contributed by atoms with E-state index in [-0.39, 0.29) is 6.04 Å². The van der Waals surface area contributed by atoms with Gasteiger partial charge < -0.3 is 9.64 Å². The van der Waals surface area contributed by atoms with Gasteiger partial charge in [0.05, 0.1) is 7.11 Å². The zero-order valence-corrected chi connectivity index (χ0v) is 17.8. The van der Waals surface area contributed by atoms with Gasteiger partial charge in [-0.15, -0.1) is 11.3 Å². The van der Waals surface area contributed by atoms with Crippen LogP contribution in [0.2, 0.25) is 0 Å². The van der Waals surface area contributed by atoms with Crippen LogP contribution >= 0.6 is 11.3 Å². The standard InChI is InChI=1S/C21H23N3O5S/c1-14(11-17-5-4-10-30-17)23(12-15-6-8-16(29-3)9-7-15)18(25)13-24-20(27)19(26)22(2)21(24)28/h4-10,14H,11-13H2,1-3H3/t14-/m1/s1. The summed E-state index contributed by atoms with van der Waals surface area (Å²) in [4.78, 5) is 53.3. The van der Waals surface area contributed by atoms with Gasteiger partial charge in [0.2, 0.25) is 5.91 Å². The Labute approximate surface area is 178 Å². The number of benzene rings is 1. The monoisotopic (exact) mass is 429 g/mol. The number of ether oxygens (including phenoxy) is 1. The number of likely N-dealkylation sites (N-methyl/N-ethyl adjacent to an activating group) is 1. The summed E-state index contributed by atoms with van der Waals surface area (Å²) >= 11 is 1.60. The van der Waals surface area contributed by atoms with E-state index < -0.39 is 30.3 Å². The average Bonchev–Trinajstić information content (AvgIpc) is 3.32. The number of amides is 5. The summed E-state index contributed by atoms with van der Waals surface area (Å²) < 4.78 is 5.17. The number of methoxy groups -OCH3 is 1. The highest BCUT2D eigenvalue weighted by molar-refractivity contribution is 7.09. The highest BCUT2D eigenvalue weighted by Crippen LogP contribution is 2.19. The summed E-state index contributed by atoms with van der Waals surface area (Å²) in [5, 5.41) is 1.97. The molecule has 0 spiro atoms. The Morgan fingerprint density at radius 1 is 1.13 bits per heavy atom. The Balaban J connectivity index is 1.80. The van der Waals surface area contributed by atoms with Gasteiger partial charge in [-0.25, -0.2) is 9.69 Å². The van der Waals surface area contributed by atoms with Crippen LogP contribution in [0.1, 0.15) is 17.4 Å². The largest absolute Gasteiger partial charge is 0.497 e. The Hall–Kier alpha value is -3.20. The highest BCUT2D eigenvalue weighted by Gasteiger charge is 2.43. The molecule has 8 nitrogen and oxygen atoms in total. The fourth-order valence-corrected chi connectivity index (χ4v) is 4.05. The van der Waals surface area contributed by atoms with Gasteiger partial charge in [0.15, 0.2) is 0 Å². The third-order valence-electron chi connectivity index (χ3n) is 4.99. The fourth-order valence-electron chi connectivity index (χ4n) is 3.23. The first-order valence-electron chi connectivity index (χ1n) is 9.40. The second kappa shape index (κ2) is 9.08. The van der Waals surface area contributed by atoms with Crippen molar-refractivity contribution in [2.24, 2.45) is 0 Å². The van der Waals surface area contributed by atoms with Crippen molar-refractivity contribution in [2.45, 2.75) is 25.9 Å². The second-order valence-corrected chi connectivity index (χ2v) is 8.07. The Morgan fingerprint density at radius 2 is 1.83 bits per heavy atom. The zero-order valence-electron chi connectivity index (χ0n) is 17.0. The Bertz CT molecular complexity index is 942. The van der Waals surface area contributed by atoms with Crippen LogP contribution in [-0.4, -0.2) is 65.2 Å². The predicted molar refractivity (Wildman–Crippen MR) is 111 cm³/mol. The van der Waals surface area contributed by atoms with Gasteiger partial charge in [0, 0.05) is 30.9 Å². The molecule has 158 valence electrons. The van der Waals surface area contributed by atoms with Gasteiger partial charge in [-0.05, 0) is 36.1 Å². The first-order valence-corrected chi connectivity index (χ1v) is 10.3. The molecular weight excluding hydrogens is 406 g/mol. The number of carbonyl (C=O) groups is 4. The minimum atomic E-state index is -0.980. The van der Waals surface area contributed by atoms with Gasteiger partial charge >= 0.3 is 17.8 Å². The summed E-state index contributed by atoms with van der Waals surface area (Å²) in [6, 6.07) is 10.3. The minimum absolute atomic E-state index is 0.181. The van der Waals surface area contributed by atoms with Crippen LogP contribution in [0.5, 0.6) is 5.75 Å². The minimum Gasteiger partial charge on any atom is -0.497 e. The molecule has 1 fully saturated rings. The van der Waals surface area contributed by atoms with Crippen molar-refractivity contribution >= 4 is 35.1 Å². The molecule has 9 heteroatoms. The van der Waals surface area contributed by atoms with Crippen molar-refractivity contribution in [3.63, 3.8) is 0 Å². The van der Waals surface area contributed by atoms with E-state index in [9.17, 15) is 19.2 Å². The molecule has 0 bridgehead atoms. The van der Waals surface area contributed by atoms with Crippen molar-refractivity contribution in [3.8, 4) is 5.75 Å². The van der Waals surface area contributed by atoms with Gasteiger partial charge in [0.1, 0.15) is 12.3 Å². The fraction of sp³-hybridized carbons (Fsp3) is 0.333. The van der Waals surface area contributed by atoms with Gasteiger partial charge in [-0.3, -0.25) is 19.3 Å². The van der Waals surface area contributed by atoms with Crippen molar-refractivity contribution in [1.29, 1.82) is 0 Å². The summed E-state index contributed by atoms with van der Waals surface area (Å²) in [7, 11) is 2.80. The molecule has 30 heavy (non-hydrogen) atoms. The zero-order chi connectivity index (χ0) is 21.8. The summed E-state index contributed by atoms with van der Waals surface area (Å²) in [6.07, 6.45) is 0.639. The normalized spacial score (nSPS) is 15.0. The molecule has 0 N–H and O–H groups in total. The smallest absolute Gasteiger partial charge is 0.334 e. The van der Waals surface area contributed by atoms with E-state index in [1.807, 2.05) is 48.7 Å². The molecule has 1 aromatic carbocycles. The molecule has 0 unspecified atom stereocenters. The maximum absolute atomic E-state index is 13.1. The van der Waals surface area contributed by atoms with Gasteiger partial charge in [-0.2, -0.15) is 0 Å². The number of rotatable bonds is 8. The molecule has 2 aromatic rings. The molecule has 0 aliphatic carbocycles. The molecule has 1 aromatic heterocycles. The van der Waals surface area contributed by atoms with E-state index in [4.69, 9.17) is 4.74 Å². The topological polar surface area (TPSA) is 87.2 Å². The molecule has 3 rings (SSSR count). The van der Waals surface area contributed by atoms with Crippen molar-refractivity contribution in [1.82, 2.24) is 14.7 Å². The Morgan fingerprint density at radius 3 is 2.37 bits per heavy atom. The predicted octanol–water partition coefficient (Wildman–Crippen LogP) is 2.14. The third kappa shape index (κ3) is 4.51. The van der Waals surface area contributed by atoms with Gasteiger partial charge in [-0.1, -0.05) is 18.2 Å². The van der Waals surface area contributed by atoms with E-state index in [1.165, 1.54) is 7.05 Å². The first-order chi connectivity index (χ1) is 14.3. The first kappa shape index (κ1) is 21.5. The second-order valence-electron chi connectivity index (χ2n) is 7.04. The lowest BCUT2D eigenvalue weighted by Gasteiger charge is -2.30. The number of carbonyl (C=O) groups excluding carboxylic acids is 4. The lowest BCUT2D eigenvalue weighted by atomic mass is 10.1. The van der Waals surface area contributed by atoms with Crippen LogP contribution in [0.25, 0.3) is 0 Å². The quantitative estimate of drug-likeness (QED) is 0.474. The summed E-state index contributed by atoms with van der Waals surface area (Å²) in [5.74, 6) is -1.61. The SMILES string of the molecule is COc1ccc(CN(C(=O)CN2C(=O)C(=O)N(C)C2=O)[C@H](C)Cc2cccs2)cc1. The number of thiophene rings is 1. The van der Waals surface area contributed by atoms with Crippen molar-refractivity contribution in [2.75, 3.05) is 20.7 Å². The molecule has 0 saturated carbocycles. The van der Waals surface area contributed by atoms with Gasteiger partial charge in [0.25, 0.3) is 0 Å². The van der Waals surface area contributed by atoms with E-state index in [0.29, 0.717) is 23.6 Å². The van der Waals surface area contributed by atoms with E-state index in [2.05, 4.69) is 0 Å². The van der Waals surface area contributed by atoms with Crippen LogP contribution < -0.4 is 4.74 Å². The molecule has 2 heterocycles. The van der Waals surface area contributed by atoms with Crippen LogP contribution in [0, 0.1) is 0 Å². The van der Waals surface area contributed by atoms with Crippen molar-refractivity contribution < 1.29 is 23.9 Å². The van der Waals surface area contributed by atoms with E-state index >= 15 is 0 Å². The molecule has 5 amide bonds. The van der Waals surface area contributed by atoms with Crippen molar-refractivity contribution in [3.05, 3.63) is 52.2 Å². The molecule has 0 radical (unpaired) electrons. The molecule has 1 saturated heterocycles. The molecule has 1 atom stereocenters. The van der Waals surface area contributed by atoms with Crippen LogP contribution in [0.15, 0.2) is 41.8 Å². The number of hydrogen-bond acceptors (Lipinski definition) is 6. The highest BCUT2D eigenvalue weighted by atomic mass is 32.1. The van der Waals surface area contributed by atoms with Crippen LogP contribution in [-0.2, 0) is 27.3 Å². The number of urea groups is 1. The average molecular weight is 429 g/mol. The van der Waals surface area contributed by atoms with E-state index in [0.717, 1.165) is 15.3 Å². The molecule has 1 aliphatic heterocycles. The number of imide groups is 2. The maximum atomic E-state index is 13.1. The third-order valence-corrected chi connectivity index (χ3v) is 5.88. The molecular formula is C21H23N3O5S. The summed E-state index contributed by atoms with van der Waals surface area (Å²) in [5.41, 5.74) is 0.884. The van der Waals surface area contributed by atoms with Crippen LogP contribution in [0.4, 0.5) is 4.79 Å². The van der Waals surface area contributed by atoms with E-state index in [1.54, 1.807) is 23.3 Å². The number of hydrogen-bond donors (Lipinski definition) is 0. The maximum Gasteiger partial charge on any atom is 0.334 e. The summed E-state index contributed by atoms with van der Waals surface area (Å²) in [6.45, 7) is 1.75. The molecule has 1 aliphatic rings. The lowest BCUT2D eigenvalue weighted by molar-refractivity contribution is -0.145. The lowest BCUT2D eigenvalue weighted by Crippen LogP contribution is -2.46. The number of nitrogens with zero attached hydrogens (tertiary/aromatic N) is 3. The Kier molecular flexibility index (Phi) is 6.51.